The molecule has 0 bridgehead atoms. The Bertz CT molecular complexity index is 600. The highest BCUT2D eigenvalue weighted by Crippen LogP contribution is 2.43. The Morgan fingerprint density at radius 1 is 1.09 bits per heavy atom. The van der Waals surface area contributed by atoms with Gasteiger partial charge in [-0.25, -0.2) is 0 Å². The van der Waals surface area contributed by atoms with E-state index in [9.17, 15) is 10.2 Å². The summed E-state index contributed by atoms with van der Waals surface area (Å²) in [5.41, 5.74) is 4.09. The Morgan fingerprint density at radius 2 is 1.83 bits per heavy atom. The van der Waals surface area contributed by atoms with E-state index in [4.69, 9.17) is 0 Å². The summed E-state index contributed by atoms with van der Waals surface area (Å²) in [6.45, 7) is 7.14. The highest BCUT2D eigenvalue weighted by molar-refractivity contribution is 5.55. The van der Waals surface area contributed by atoms with Gasteiger partial charge in [0.05, 0.1) is 0 Å². The van der Waals surface area contributed by atoms with Crippen molar-refractivity contribution in [3.05, 3.63) is 34.4 Å². The highest BCUT2D eigenvalue weighted by Gasteiger charge is 2.25. The van der Waals surface area contributed by atoms with Crippen molar-refractivity contribution in [2.24, 2.45) is 0 Å². The summed E-state index contributed by atoms with van der Waals surface area (Å²) in [6.07, 6.45) is 9.29. The van der Waals surface area contributed by atoms with Crippen molar-refractivity contribution < 1.29 is 10.2 Å². The van der Waals surface area contributed by atoms with E-state index in [2.05, 4.69) is 17.9 Å². The van der Waals surface area contributed by atoms with Crippen LogP contribution in [0.15, 0.2) is 17.7 Å². The lowest BCUT2D eigenvalue weighted by Crippen LogP contribution is -2.29. The van der Waals surface area contributed by atoms with Crippen LogP contribution in [0.3, 0.4) is 0 Å². The molecule has 3 rings (SSSR count). The fourth-order valence-electron chi connectivity index (χ4n) is 4.09. The molecule has 0 amide bonds. The summed E-state index contributed by atoms with van der Waals surface area (Å²) < 4.78 is 0. The van der Waals surface area contributed by atoms with Crippen LogP contribution in [0, 0.1) is 6.92 Å². The molecule has 1 aliphatic heterocycles. The number of phenols is 2. The van der Waals surface area contributed by atoms with Gasteiger partial charge >= 0.3 is 0 Å². The summed E-state index contributed by atoms with van der Waals surface area (Å²) in [6, 6.07) is 1.84. The van der Waals surface area contributed by atoms with Crippen LogP contribution < -0.4 is 0 Å². The molecule has 2 aliphatic rings. The molecule has 3 nitrogen and oxygen atoms in total. The second-order valence-electron chi connectivity index (χ2n) is 7.30. The Kier molecular flexibility index (Phi) is 4.96. The maximum atomic E-state index is 10.9. The monoisotopic (exact) mass is 315 g/mol. The van der Waals surface area contributed by atoms with Crippen molar-refractivity contribution in [2.45, 2.75) is 64.8 Å². The molecule has 1 saturated heterocycles. The number of benzene rings is 1. The van der Waals surface area contributed by atoms with Gasteiger partial charge in [0, 0.05) is 23.6 Å². The molecule has 0 aromatic heterocycles. The Balaban J connectivity index is 1.93. The lowest BCUT2D eigenvalue weighted by atomic mass is 9.83. The molecule has 0 saturated carbocycles. The number of aryl methyl sites for hydroxylation is 1. The molecule has 1 aliphatic carbocycles. The molecule has 1 aromatic carbocycles. The van der Waals surface area contributed by atoms with Crippen LogP contribution in [-0.2, 0) is 6.54 Å². The summed E-state index contributed by atoms with van der Waals surface area (Å²) in [5.74, 6) is 0.715. The number of piperidine rings is 1. The van der Waals surface area contributed by atoms with E-state index in [0.717, 1.165) is 55.6 Å². The average molecular weight is 315 g/mol. The minimum Gasteiger partial charge on any atom is -0.507 e. The van der Waals surface area contributed by atoms with E-state index in [1.54, 1.807) is 0 Å². The lowest BCUT2D eigenvalue weighted by molar-refractivity contribution is 0.218. The van der Waals surface area contributed by atoms with Crippen LogP contribution in [0.2, 0.25) is 0 Å². The van der Waals surface area contributed by atoms with Crippen molar-refractivity contribution >= 4 is 0 Å². The molecule has 1 fully saturated rings. The van der Waals surface area contributed by atoms with Crippen LogP contribution in [-0.4, -0.2) is 28.2 Å². The number of hydrogen-bond acceptors (Lipinski definition) is 3. The van der Waals surface area contributed by atoms with Gasteiger partial charge in [0.15, 0.2) is 0 Å². The first kappa shape index (κ1) is 16.4. The normalized spacial score (nSPS) is 22.9. The first-order chi connectivity index (χ1) is 11.1. The number of aromatic hydroxyl groups is 2. The summed E-state index contributed by atoms with van der Waals surface area (Å²) >= 11 is 0. The summed E-state index contributed by atoms with van der Waals surface area (Å²) in [7, 11) is 0. The molecule has 126 valence electrons. The molecular weight excluding hydrogens is 286 g/mol. The lowest BCUT2D eigenvalue weighted by Gasteiger charge is -2.29. The molecule has 0 radical (unpaired) electrons. The minimum absolute atomic E-state index is 0.143. The standard InChI is InChI=1S/C20H29NO2/c1-14-7-6-8-16(11-14)19-18(22)12-15(2)17(20(19)23)13-21-9-4-3-5-10-21/h11-12,16,22-23H,3-10,13H2,1-2H3/t16-/m0/s1. The molecule has 1 aromatic rings. The van der Waals surface area contributed by atoms with Gasteiger partial charge in [0.2, 0.25) is 0 Å². The van der Waals surface area contributed by atoms with Gasteiger partial charge in [-0.15, -0.1) is 0 Å². The van der Waals surface area contributed by atoms with Gasteiger partial charge in [-0.05, 0) is 70.7 Å². The van der Waals surface area contributed by atoms with Gasteiger partial charge in [-0.1, -0.05) is 18.1 Å². The quantitative estimate of drug-likeness (QED) is 0.801. The fraction of sp³-hybridized carbons (Fsp3) is 0.600. The van der Waals surface area contributed by atoms with Crippen LogP contribution in [0.5, 0.6) is 11.5 Å². The van der Waals surface area contributed by atoms with E-state index in [0.29, 0.717) is 5.75 Å². The van der Waals surface area contributed by atoms with Crippen molar-refractivity contribution in [1.29, 1.82) is 0 Å². The second kappa shape index (κ2) is 6.96. The topological polar surface area (TPSA) is 43.7 Å². The minimum atomic E-state index is 0.143. The fourth-order valence-corrected chi connectivity index (χ4v) is 4.09. The number of likely N-dealkylation sites (tertiary alicyclic amines) is 1. The maximum absolute atomic E-state index is 10.9. The average Bonchev–Trinajstić information content (AvgIpc) is 2.52. The zero-order chi connectivity index (χ0) is 16.4. The van der Waals surface area contributed by atoms with Crippen molar-refractivity contribution in [3.8, 4) is 11.5 Å². The first-order valence-electron chi connectivity index (χ1n) is 9.00. The van der Waals surface area contributed by atoms with Gasteiger partial charge in [0.25, 0.3) is 0 Å². The smallest absolute Gasteiger partial charge is 0.127 e. The molecular formula is C20H29NO2. The molecule has 2 N–H and O–H groups in total. The third kappa shape index (κ3) is 3.55. The zero-order valence-corrected chi connectivity index (χ0v) is 14.4. The molecule has 1 atom stereocenters. The van der Waals surface area contributed by atoms with Crippen molar-refractivity contribution in [3.63, 3.8) is 0 Å². The second-order valence-corrected chi connectivity index (χ2v) is 7.30. The number of rotatable bonds is 3. The van der Waals surface area contributed by atoms with Gasteiger partial charge in [0.1, 0.15) is 11.5 Å². The molecule has 3 heteroatoms. The van der Waals surface area contributed by atoms with Crippen molar-refractivity contribution in [2.75, 3.05) is 13.1 Å². The molecule has 0 unspecified atom stereocenters. The van der Waals surface area contributed by atoms with Crippen molar-refractivity contribution in [1.82, 2.24) is 4.90 Å². The van der Waals surface area contributed by atoms with E-state index in [-0.39, 0.29) is 11.7 Å². The van der Waals surface area contributed by atoms with E-state index >= 15 is 0 Å². The van der Waals surface area contributed by atoms with Crippen LogP contribution >= 0.6 is 0 Å². The Labute approximate surface area is 139 Å². The Morgan fingerprint density at radius 3 is 2.52 bits per heavy atom. The predicted molar refractivity (Wildman–Crippen MR) is 94.0 cm³/mol. The van der Waals surface area contributed by atoms with E-state index in [1.165, 1.54) is 24.8 Å². The summed E-state index contributed by atoms with van der Waals surface area (Å²) in [5, 5.41) is 21.3. The Hall–Kier alpha value is -1.48. The van der Waals surface area contributed by atoms with E-state index in [1.807, 2.05) is 13.0 Å². The molecule has 1 heterocycles. The highest BCUT2D eigenvalue weighted by atomic mass is 16.3. The van der Waals surface area contributed by atoms with Gasteiger partial charge < -0.3 is 10.2 Å². The van der Waals surface area contributed by atoms with Gasteiger partial charge in [-0.3, -0.25) is 4.90 Å². The van der Waals surface area contributed by atoms with Crippen LogP contribution in [0.4, 0.5) is 0 Å². The van der Waals surface area contributed by atoms with Crippen LogP contribution in [0.1, 0.15) is 68.1 Å². The number of allylic oxidation sites excluding steroid dienone is 2. The first-order valence-corrected chi connectivity index (χ1v) is 9.00. The number of hydrogen-bond donors (Lipinski definition) is 2. The molecule has 23 heavy (non-hydrogen) atoms. The number of phenolic OH excluding ortho intramolecular Hbond substituents is 2. The van der Waals surface area contributed by atoms with Gasteiger partial charge in [-0.2, -0.15) is 0 Å². The van der Waals surface area contributed by atoms with E-state index < -0.39 is 0 Å². The third-order valence-corrected chi connectivity index (χ3v) is 5.42. The maximum Gasteiger partial charge on any atom is 0.127 e. The SMILES string of the molecule is CC1=C[C@@H](c2c(O)cc(C)c(CN3CCCCC3)c2O)CCC1. The van der Waals surface area contributed by atoms with Crippen LogP contribution in [0.25, 0.3) is 0 Å². The summed E-state index contributed by atoms with van der Waals surface area (Å²) in [4.78, 5) is 2.42. The zero-order valence-electron chi connectivity index (χ0n) is 14.4. The molecule has 0 spiro atoms. The number of nitrogens with zero attached hydrogens (tertiary/aromatic N) is 1. The largest absolute Gasteiger partial charge is 0.507 e. The third-order valence-electron chi connectivity index (χ3n) is 5.42. The predicted octanol–water partition coefficient (Wildman–Crippen LogP) is 4.61.